The second-order valence-electron chi connectivity index (χ2n) is 3.08. The van der Waals surface area contributed by atoms with E-state index in [4.69, 9.17) is 5.11 Å². The summed E-state index contributed by atoms with van der Waals surface area (Å²) in [5.41, 5.74) is -0.156. The Hall–Kier alpha value is -2.77. The van der Waals surface area contributed by atoms with Crippen LogP contribution < -0.4 is 9.47 Å². The Bertz CT molecular complexity index is 507. The molecule has 0 fully saturated rings. The molecule has 0 saturated carbocycles. The van der Waals surface area contributed by atoms with Gasteiger partial charge in [-0.2, -0.15) is 0 Å². The van der Waals surface area contributed by atoms with E-state index in [1.807, 2.05) is 0 Å². The minimum Gasteiger partial charge on any atom is -0.478 e. The predicted molar refractivity (Wildman–Crippen MR) is 59.5 cm³/mol. The second-order valence-corrected chi connectivity index (χ2v) is 3.08. The van der Waals surface area contributed by atoms with E-state index in [-0.39, 0.29) is 17.1 Å². The summed E-state index contributed by atoms with van der Waals surface area (Å²) in [4.78, 5) is 32.8. The minimum atomic E-state index is -1.24. The summed E-state index contributed by atoms with van der Waals surface area (Å²) in [5.74, 6) is -1.70. The van der Waals surface area contributed by atoms with Crippen LogP contribution in [0.5, 0.6) is 11.5 Å². The first-order chi connectivity index (χ1) is 8.97. The largest absolute Gasteiger partial charge is 0.513 e. The van der Waals surface area contributed by atoms with Crippen LogP contribution in [0.25, 0.3) is 0 Å². The first-order valence-electron chi connectivity index (χ1n) is 4.87. The average Bonchev–Trinajstić information content (AvgIpc) is 2.39. The second kappa shape index (κ2) is 6.24. The molecule has 0 aromatic heterocycles. The zero-order valence-corrected chi connectivity index (χ0v) is 10.0. The smallest absolute Gasteiger partial charge is 0.478 e. The summed E-state index contributed by atoms with van der Waals surface area (Å²) in [6.45, 7) is 0. The molecule has 0 bridgehead atoms. The van der Waals surface area contributed by atoms with Crippen LogP contribution in [-0.4, -0.2) is 37.6 Å². The number of carbonyl (C=O) groups is 3. The topological polar surface area (TPSA) is 108 Å². The highest BCUT2D eigenvalue weighted by Crippen LogP contribution is 2.29. The standard InChI is InChI=1S/C11H10O8/c1-16-10(14)18-7-4-3-6(9(12)13)5-8(7)19-11(15)17-2/h3-5H,1-2H3,(H,12,13). The van der Waals surface area contributed by atoms with Crippen molar-refractivity contribution in [2.75, 3.05) is 14.2 Å². The van der Waals surface area contributed by atoms with Gasteiger partial charge in [0.05, 0.1) is 19.8 Å². The van der Waals surface area contributed by atoms with Crippen LogP contribution in [0.3, 0.4) is 0 Å². The molecule has 0 heterocycles. The Morgan fingerprint density at radius 2 is 1.47 bits per heavy atom. The zero-order chi connectivity index (χ0) is 14.4. The highest BCUT2D eigenvalue weighted by Gasteiger charge is 2.17. The molecule has 102 valence electrons. The van der Waals surface area contributed by atoms with E-state index in [2.05, 4.69) is 18.9 Å². The van der Waals surface area contributed by atoms with Crippen LogP contribution in [0.15, 0.2) is 18.2 Å². The number of methoxy groups -OCH3 is 2. The van der Waals surface area contributed by atoms with Crippen molar-refractivity contribution >= 4 is 18.3 Å². The van der Waals surface area contributed by atoms with Gasteiger partial charge in [0.2, 0.25) is 0 Å². The molecule has 0 aliphatic heterocycles. The van der Waals surface area contributed by atoms with E-state index < -0.39 is 18.3 Å². The third-order valence-electron chi connectivity index (χ3n) is 1.91. The maximum Gasteiger partial charge on any atom is 0.513 e. The van der Waals surface area contributed by atoms with E-state index in [1.54, 1.807) is 0 Å². The van der Waals surface area contributed by atoms with Crippen LogP contribution >= 0.6 is 0 Å². The predicted octanol–water partition coefficient (Wildman–Crippen LogP) is 1.68. The van der Waals surface area contributed by atoms with Crippen molar-refractivity contribution in [3.8, 4) is 11.5 Å². The molecule has 0 unspecified atom stereocenters. The third kappa shape index (κ3) is 3.87. The molecule has 0 aliphatic carbocycles. The number of carboxylic acids is 1. The molecule has 0 amide bonds. The lowest BCUT2D eigenvalue weighted by molar-refractivity contribution is 0.0695. The van der Waals surface area contributed by atoms with Gasteiger partial charge >= 0.3 is 18.3 Å². The number of aromatic carboxylic acids is 1. The van der Waals surface area contributed by atoms with Crippen LogP contribution in [-0.2, 0) is 9.47 Å². The van der Waals surface area contributed by atoms with Gasteiger partial charge < -0.3 is 24.1 Å². The molecule has 1 aromatic rings. The number of carbonyl (C=O) groups excluding carboxylic acids is 2. The van der Waals surface area contributed by atoms with Crippen LogP contribution in [0.1, 0.15) is 10.4 Å². The molecule has 1 rings (SSSR count). The molecular formula is C11H10O8. The van der Waals surface area contributed by atoms with Crippen molar-refractivity contribution in [1.29, 1.82) is 0 Å². The maximum atomic E-state index is 11.0. The van der Waals surface area contributed by atoms with E-state index in [1.165, 1.54) is 6.07 Å². The van der Waals surface area contributed by atoms with E-state index in [0.29, 0.717) is 0 Å². The van der Waals surface area contributed by atoms with E-state index in [0.717, 1.165) is 26.4 Å². The molecule has 1 aromatic carbocycles. The van der Waals surface area contributed by atoms with Crippen molar-refractivity contribution in [2.45, 2.75) is 0 Å². The van der Waals surface area contributed by atoms with Gasteiger partial charge in [0.15, 0.2) is 11.5 Å². The molecule has 8 nitrogen and oxygen atoms in total. The summed E-state index contributed by atoms with van der Waals surface area (Å²) in [7, 11) is 2.17. The Morgan fingerprint density at radius 1 is 0.947 bits per heavy atom. The Kier molecular flexibility index (Phi) is 4.69. The molecule has 0 spiro atoms. The monoisotopic (exact) mass is 270 g/mol. The lowest BCUT2D eigenvalue weighted by atomic mass is 10.2. The molecule has 0 atom stereocenters. The highest BCUT2D eigenvalue weighted by molar-refractivity contribution is 5.89. The number of hydrogen-bond donors (Lipinski definition) is 1. The van der Waals surface area contributed by atoms with Crippen molar-refractivity contribution in [3.05, 3.63) is 23.8 Å². The van der Waals surface area contributed by atoms with Crippen molar-refractivity contribution in [2.24, 2.45) is 0 Å². The maximum absolute atomic E-state index is 11.0. The molecule has 19 heavy (non-hydrogen) atoms. The lowest BCUT2D eigenvalue weighted by Gasteiger charge is -2.09. The molecule has 0 radical (unpaired) electrons. The normalized spacial score (nSPS) is 9.37. The van der Waals surface area contributed by atoms with Crippen molar-refractivity contribution < 1.29 is 38.4 Å². The molecule has 0 saturated heterocycles. The van der Waals surface area contributed by atoms with Gasteiger partial charge in [0.1, 0.15) is 0 Å². The van der Waals surface area contributed by atoms with Gasteiger partial charge in [-0.15, -0.1) is 0 Å². The lowest BCUT2D eigenvalue weighted by Crippen LogP contribution is -2.12. The molecule has 1 N–H and O–H groups in total. The van der Waals surface area contributed by atoms with Gasteiger partial charge in [-0.05, 0) is 18.2 Å². The summed E-state index contributed by atoms with van der Waals surface area (Å²) in [6.07, 6.45) is -2.13. The quantitative estimate of drug-likeness (QED) is 0.652. The number of hydrogen-bond acceptors (Lipinski definition) is 7. The fourth-order valence-electron chi connectivity index (χ4n) is 1.07. The Morgan fingerprint density at radius 3 is 1.95 bits per heavy atom. The first-order valence-corrected chi connectivity index (χ1v) is 4.87. The summed E-state index contributed by atoms with van der Waals surface area (Å²) in [5, 5.41) is 8.82. The van der Waals surface area contributed by atoms with Crippen LogP contribution in [0, 0.1) is 0 Å². The number of benzene rings is 1. The fourth-order valence-corrected chi connectivity index (χ4v) is 1.07. The Labute approximate surface area is 107 Å². The highest BCUT2D eigenvalue weighted by atomic mass is 16.7. The van der Waals surface area contributed by atoms with Gasteiger partial charge in [0, 0.05) is 0 Å². The molecular weight excluding hydrogens is 260 g/mol. The minimum absolute atomic E-state index is 0.156. The zero-order valence-electron chi connectivity index (χ0n) is 10.0. The van der Waals surface area contributed by atoms with E-state index in [9.17, 15) is 14.4 Å². The van der Waals surface area contributed by atoms with E-state index >= 15 is 0 Å². The van der Waals surface area contributed by atoms with Crippen molar-refractivity contribution in [1.82, 2.24) is 0 Å². The van der Waals surface area contributed by atoms with Gasteiger partial charge in [-0.1, -0.05) is 0 Å². The van der Waals surface area contributed by atoms with Gasteiger partial charge in [-0.3, -0.25) is 0 Å². The van der Waals surface area contributed by atoms with Crippen LogP contribution in [0.2, 0.25) is 0 Å². The summed E-state index contributed by atoms with van der Waals surface area (Å²) in [6, 6.07) is 3.33. The molecule has 8 heteroatoms. The SMILES string of the molecule is COC(=O)Oc1ccc(C(=O)O)cc1OC(=O)OC. The van der Waals surface area contributed by atoms with Crippen molar-refractivity contribution in [3.63, 3.8) is 0 Å². The fraction of sp³-hybridized carbons (Fsp3) is 0.182. The number of ether oxygens (including phenoxy) is 4. The van der Waals surface area contributed by atoms with Gasteiger partial charge in [-0.25, -0.2) is 14.4 Å². The first kappa shape index (κ1) is 14.3. The number of carboxylic acid groups (broad SMARTS) is 1. The number of rotatable bonds is 3. The van der Waals surface area contributed by atoms with Crippen LogP contribution in [0.4, 0.5) is 9.59 Å². The third-order valence-corrected chi connectivity index (χ3v) is 1.91. The van der Waals surface area contributed by atoms with Gasteiger partial charge in [0.25, 0.3) is 0 Å². The summed E-state index contributed by atoms with van der Waals surface area (Å²) < 4.78 is 17.9. The Balaban J connectivity index is 3.10. The average molecular weight is 270 g/mol. The molecule has 0 aliphatic rings. The summed E-state index contributed by atoms with van der Waals surface area (Å²) >= 11 is 0.